The highest BCUT2D eigenvalue weighted by molar-refractivity contribution is 5.88. The highest BCUT2D eigenvalue weighted by Gasteiger charge is 2.15. The van der Waals surface area contributed by atoms with Crippen LogP contribution in [-0.4, -0.2) is 67.2 Å². The highest BCUT2D eigenvalue weighted by Crippen LogP contribution is 2.16. The van der Waals surface area contributed by atoms with Crippen LogP contribution in [0.5, 0.6) is 0 Å². The summed E-state index contributed by atoms with van der Waals surface area (Å²) in [6, 6.07) is 26.7. The molecule has 0 saturated carbocycles. The fourth-order valence-electron chi connectivity index (χ4n) is 4.75. The van der Waals surface area contributed by atoms with E-state index in [9.17, 15) is 39.6 Å². The fraction of sp³-hybridized carbons (Fsp3) is 0.176. The van der Waals surface area contributed by atoms with Gasteiger partial charge >= 0.3 is 23.9 Å². The van der Waals surface area contributed by atoms with Gasteiger partial charge in [0.1, 0.15) is 0 Å². The molecule has 4 aromatic rings. The minimum Gasteiger partial charge on any atom is -0.478 e. The number of hydrogen-bond acceptors (Lipinski definition) is 6. The number of benzene rings is 4. The summed E-state index contributed by atoms with van der Waals surface area (Å²) in [5.41, 5.74) is 4.43. The molecule has 4 N–H and O–H groups in total. The van der Waals surface area contributed by atoms with Crippen LogP contribution in [0.3, 0.4) is 0 Å². The largest absolute Gasteiger partial charge is 0.478 e. The standard InChI is InChI=1S/C34H32N2O8/c37-31(38)27-9-1-23(2-10-27)19-35(20-24-3-11-28(12-4-24)32(39)40)17-18-36(21-25-5-13-29(14-6-25)33(41)42)22-26-7-15-30(16-8-26)34(43)44/h1-16H,17-22H2,(H,37,38)(H,39,40)(H,41,42)(H,43,44). The lowest BCUT2D eigenvalue weighted by Crippen LogP contribution is -2.34. The third-order valence-corrected chi connectivity index (χ3v) is 7.16. The molecule has 0 saturated heterocycles. The van der Waals surface area contributed by atoms with Crippen molar-refractivity contribution in [2.24, 2.45) is 0 Å². The number of aromatic carboxylic acids is 4. The van der Waals surface area contributed by atoms with Gasteiger partial charge in [-0.05, 0) is 70.8 Å². The van der Waals surface area contributed by atoms with E-state index in [1.165, 1.54) is 0 Å². The van der Waals surface area contributed by atoms with Crippen LogP contribution in [0, 0.1) is 0 Å². The number of carboxylic acids is 4. The first-order chi connectivity index (χ1) is 21.1. The molecule has 0 fully saturated rings. The van der Waals surface area contributed by atoms with Crippen molar-refractivity contribution in [1.82, 2.24) is 9.80 Å². The molecule has 0 atom stereocenters. The van der Waals surface area contributed by atoms with Crippen LogP contribution >= 0.6 is 0 Å². The third kappa shape index (κ3) is 9.09. The Bertz CT molecular complexity index is 1360. The average Bonchev–Trinajstić information content (AvgIpc) is 3.00. The van der Waals surface area contributed by atoms with Crippen molar-refractivity contribution in [2.75, 3.05) is 13.1 Å². The molecule has 0 bridgehead atoms. The number of rotatable bonds is 15. The molecule has 226 valence electrons. The zero-order valence-electron chi connectivity index (χ0n) is 23.8. The van der Waals surface area contributed by atoms with Gasteiger partial charge in [0.05, 0.1) is 22.3 Å². The van der Waals surface area contributed by atoms with E-state index in [2.05, 4.69) is 9.80 Å². The SMILES string of the molecule is O=C(O)c1ccc(CN(CCN(Cc2ccc(C(=O)O)cc2)Cc2ccc(C(=O)O)cc2)Cc2ccc(C(=O)O)cc2)cc1. The summed E-state index contributed by atoms with van der Waals surface area (Å²) in [4.78, 5) is 49.6. The summed E-state index contributed by atoms with van der Waals surface area (Å²) >= 11 is 0. The van der Waals surface area contributed by atoms with E-state index in [1.807, 2.05) is 0 Å². The van der Waals surface area contributed by atoms with E-state index in [1.54, 1.807) is 97.1 Å². The molecule has 0 heterocycles. The van der Waals surface area contributed by atoms with E-state index in [4.69, 9.17) is 0 Å². The molecule has 0 unspecified atom stereocenters. The van der Waals surface area contributed by atoms with Crippen molar-refractivity contribution in [3.05, 3.63) is 142 Å². The van der Waals surface area contributed by atoms with Gasteiger partial charge in [0.2, 0.25) is 0 Å². The molecule has 4 rings (SSSR count). The second-order valence-electron chi connectivity index (χ2n) is 10.4. The Morgan fingerprint density at radius 3 is 0.705 bits per heavy atom. The number of carbonyl (C=O) groups is 4. The van der Waals surface area contributed by atoms with Crippen molar-refractivity contribution < 1.29 is 39.6 Å². The van der Waals surface area contributed by atoms with Gasteiger partial charge in [-0.2, -0.15) is 0 Å². The predicted octanol–water partition coefficient (Wildman–Crippen LogP) is 5.18. The maximum Gasteiger partial charge on any atom is 0.335 e. The van der Waals surface area contributed by atoms with Gasteiger partial charge in [0.15, 0.2) is 0 Å². The van der Waals surface area contributed by atoms with E-state index in [-0.39, 0.29) is 22.3 Å². The topological polar surface area (TPSA) is 156 Å². The molecular formula is C34H32N2O8. The maximum atomic E-state index is 11.3. The summed E-state index contributed by atoms with van der Waals surface area (Å²) < 4.78 is 0. The molecule has 4 aromatic carbocycles. The minimum atomic E-state index is -1.00. The Balaban J connectivity index is 1.55. The lowest BCUT2D eigenvalue weighted by Gasteiger charge is -2.28. The number of hydrogen-bond donors (Lipinski definition) is 4. The third-order valence-electron chi connectivity index (χ3n) is 7.16. The van der Waals surface area contributed by atoms with Crippen molar-refractivity contribution in [2.45, 2.75) is 26.2 Å². The second-order valence-corrected chi connectivity index (χ2v) is 10.4. The Morgan fingerprint density at radius 1 is 0.364 bits per heavy atom. The van der Waals surface area contributed by atoms with E-state index >= 15 is 0 Å². The van der Waals surface area contributed by atoms with Crippen LogP contribution in [0.15, 0.2) is 97.1 Å². The molecule has 44 heavy (non-hydrogen) atoms. The van der Waals surface area contributed by atoms with Gasteiger partial charge in [0, 0.05) is 39.3 Å². The number of nitrogens with zero attached hydrogens (tertiary/aromatic N) is 2. The second kappa shape index (κ2) is 14.7. The van der Waals surface area contributed by atoms with Crippen LogP contribution in [0.1, 0.15) is 63.7 Å². The Kier molecular flexibility index (Phi) is 10.6. The van der Waals surface area contributed by atoms with Crippen molar-refractivity contribution >= 4 is 23.9 Å². The Morgan fingerprint density at radius 2 is 0.545 bits per heavy atom. The normalized spacial score (nSPS) is 11.0. The van der Waals surface area contributed by atoms with Crippen molar-refractivity contribution in [3.8, 4) is 0 Å². The molecule has 0 amide bonds. The molecule has 10 heteroatoms. The first-order valence-electron chi connectivity index (χ1n) is 13.8. The van der Waals surface area contributed by atoms with Gasteiger partial charge in [-0.25, -0.2) is 19.2 Å². The van der Waals surface area contributed by atoms with Gasteiger partial charge < -0.3 is 20.4 Å². The monoisotopic (exact) mass is 596 g/mol. The molecule has 0 aliphatic carbocycles. The summed E-state index contributed by atoms with van der Waals surface area (Å²) in [6.07, 6.45) is 0. The zero-order valence-corrected chi connectivity index (χ0v) is 23.8. The maximum absolute atomic E-state index is 11.3. The van der Waals surface area contributed by atoms with Gasteiger partial charge in [-0.15, -0.1) is 0 Å². The smallest absolute Gasteiger partial charge is 0.335 e. The van der Waals surface area contributed by atoms with Crippen molar-refractivity contribution in [3.63, 3.8) is 0 Å². The number of carboxylic acid groups (broad SMARTS) is 4. The lowest BCUT2D eigenvalue weighted by molar-refractivity contribution is 0.0686. The summed E-state index contributed by atoms with van der Waals surface area (Å²) in [7, 11) is 0. The van der Waals surface area contributed by atoms with E-state index in [0.717, 1.165) is 22.3 Å². The Hall–Kier alpha value is -5.32. The summed E-state index contributed by atoms with van der Waals surface area (Å²) in [5.74, 6) is -4.02. The van der Waals surface area contributed by atoms with Crippen LogP contribution in [0.25, 0.3) is 0 Å². The van der Waals surface area contributed by atoms with Crippen molar-refractivity contribution in [1.29, 1.82) is 0 Å². The first kappa shape index (κ1) is 31.6. The molecule has 0 radical (unpaired) electrons. The highest BCUT2D eigenvalue weighted by atomic mass is 16.4. The van der Waals surface area contributed by atoms with Crippen LogP contribution in [0.4, 0.5) is 0 Å². The minimum absolute atomic E-state index is 0.193. The van der Waals surface area contributed by atoms with Crippen LogP contribution < -0.4 is 0 Å². The average molecular weight is 597 g/mol. The molecule has 0 aliphatic heterocycles. The summed E-state index contributed by atoms with van der Waals surface area (Å²) in [5, 5.41) is 37.1. The molecule has 10 nitrogen and oxygen atoms in total. The Labute approximate surface area is 254 Å². The lowest BCUT2D eigenvalue weighted by atomic mass is 10.1. The summed E-state index contributed by atoms with van der Waals surface area (Å²) in [6.45, 7) is 3.21. The predicted molar refractivity (Wildman–Crippen MR) is 162 cm³/mol. The first-order valence-corrected chi connectivity index (χ1v) is 13.8. The van der Waals surface area contributed by atoms with E-state index in [0.29, 0.717) is 39.3 Å². The van der Waals surface area contributed by atoms with Gasteiger partial charge in [-0.1, -0.05) is 48.5 Å². The fourth-order valence-corrected chi connectivity index (χ4v) is 4.75. The molecule has 0 aliphatic rings. The van der Waals surface area contributed by atoms with E-state index < -0.39 is 23.9 Å². The zero-order chi connectivity index (χ0) is 31.6. The van der Waals surface area contributed by atoms with Crippen LogP contribution in [0.2, 0.25) is 0 Å². The van der Waals surface area contributed by atoms with Gasteiger partial charge in [0.25, 0.3) is 0 Å². The molecule has 0 aromatic heterocycles. The quantitative estimate of drug-likeness (QED) is 0.144. The van der Waals surface area contributed by atoms with Gasteiger partial charge in [-0.3, -0.25) is 9.80 Å². The molecule has 0 spiro atoms. The molecular weight excluding hydrogens is 564 g/mol. The van der Waals surface area contributed by atoms with Crippen LogP contribution in [-0.2, 0) is 26.2 Å².